The van der Waals surface area contributed by atoms with Crippen LogP contribution in [0.25, 0.3) is 10.9 Å². The molecule has 1 saturated heterocycles. The molecule has 1 aliphatic heterocycles. The number of hydrogen-bond donors (Lipinski definition) is 2. The van der Waals surface area contributed by atoms with Crippen LogP contribution in [0.5, 0.6) is 0 Å². The second-order valence-corrected chi connectivity index (χ2v) is 14.3. The van der Waals surface area contributed by atoms with E-state index in [4.69, 9.17) is 26.1 Å². The topological polar surface area (TPSA) is 147 Å². The van der Waals surface area contributed by atoms with Crippen molar-refractivity contribution in [1.82, 2.24) is 19.3 Å². The van der Waals surface area contributed by atoms with Crippen LogP contribution in [0.15, 0.2) is 24.3 Å². The lowest BCUT2D eigenvalue weighted by Gasteiger charge is -2.28. The van der Waals surface area contributed by atoms with Crippen LogP contribution in [0.1, 0.15) is 76.6 Å². The first-order valence-electron chi connectivity index (χ1n) is 15.1. The van der Waals surface area contributed by atoms with E-state index in [0.717, 1.165) is 17.1 Å². The number of carbonyl (C=O) groups excluding carboxylic acids is 3. The Labute approximate surface area is 264 Å². The van der Waals surface area contributed by atoms with Crippen molar-refractivity contribution >= 4 is 56.5 Å². The summed E-state index contributed by atoms with van der Waals surface area (Å²) in [5.74, 6) is 0.0695. The summed E-state index contributed by atoms with van der Waals surface area (Å²) >= 11 is 6.48. The molecule has 0 radical (unpaired) electrons. The van der Waals surface area contributed by atoms with Gasteiger partial charge in [0.2, 0.25) is 0 Å². The highest BCUT2D eigenvalue weighted by Crippen LogP contribution is 2.30. The molecule has 14 heteroatoms. The lowest BCUT2D eigenvalue weighted by molar-refractivity contribution is -0.143. The van der Waals surface area contributed by atoms with Crippen LogP contribution in [0.2, 0.25) is 5.02 Å². The van der Waals surface area contributed by atoms with Gasteiger partial charge in [0.25, 0.3) is 5.91 Å². The molecular weight excluding hydrogens is 610 g/mol. The van der Waals surface area contributed by atoms with E-state index >= 15 is 0 Å². The zero-order chi connectivity index (χ0) is 32.1. The second-order valence-electron chi connectivity index (χ2n) is 12.2. The highest BCUT2D eigenvalue weighted by Gasteiger charge is 2.39. The molecule has 1 atom stereocenters. The van der Waals surface area contributed by atoms with Crippen molar-refractivity contribution in [2.75, 3.05) is 37.7 Å². The van der Waals surface area contributed by atoms with E-state index in [9.17, 15) is 22.8 Å². The minimum Gasteiger partial charge on any atom is -0.465 e. The van der Waals surface area contributed by atoms with Gasteiger partial charge >= 0.3 is 22.3 Å². The van der Waals surface area contributed by atoms with E-state index in [1.807, 2.05) is 9.62 Å². The molecule has 1 aliphatic carbocycles. The van der Waals surface area contributed by atoms with E-state index in [1.165, 1.54) is 19.3 Å². The molecular formula is C30H42ClN5O7S. The molecule has 2 fully saturated rings. The van der Waals surface area contributed by atoms with Crippen molar-refractivity contribution in [2.45, 2.75) is 77.9 Å². The third-order valence-electron chi connectivity index (χ3n) is 7.71. The summed E-state index contributed by atoms with van der Waals surface area (Å²) in [5.41, 5.74) is 0.0245. The molecule has 0 bridgehead atoms. The van der Waals surface area contributed by atoms with Gasteiger partial charge in [-0.1, -0.05) is 30.9 Å². The summed E-state index contributed by atoms with van der Waals surface area (Å²) < 4.78 is 39.5. The van der Waals surface area contributed by atoms with Gasteiger partial charge in [0.05, 0.1) is 22.7 Å². The molecule has 12 nitrogen and oxygen atoms in total. The van der Waals surface area contributed by atoms with Crippen LogP contribution in [0.4, 0.5) is 10.6 Å². The fourth-order valence-corrected chi connectivity index (χ4v) is 7.14. The number of benzene rings is 1. The highest BCUT2D eigenvalue weighted by atomic mass is 35.5. The lowest BCUT2D eigenvalue weighted by atomic mass is 9.89. The second kappa shape index (κ2) is 14.3. The molecule has 0 unspecified atom stereocenters. The van der Waals surface area contributed by atoms with Gasteiger partial charge in [0.15, 0.2) is 0 Å². The number of esters is 1. The average Bonchev–Trinajstić information content (AvgIpc) is 3.43. The zero-order valence-corrected chi connectivity index (χ0v) is 27.3. The Kier molecular flexibility index (Phi) is 11.0. The third kappa shape index (κ3) is 8.72. The predicted octanol–water partition coefficient (Wildman–Crippen LogP) is 4.41. The van der Waals surface area contributed by atoms with E-state index < -0.39 is 40.5 Å². The number of halogens is 1. The molecule has 44 heavy (non-hydrogen) atoms. The summed E-state index contributed by atoms with van der Waals surface area (Å²) in [6, 6.07) is 6.29. The Hall–Kier alpha value is -3.16. The maximum atomic E-state index is 13.3. The Morgan fingerprint density at radius 2 is 1.82 bits per heavy atom. The largest absolute Gasteiger partial charge is 0.465 e. The molecule has 4 rings (SSSR count). The molecule has 2 aliphatic rings. The van der Waals surface area contributed by atoms with Crippen molar-refractivity contribution in [3.8, 4) is 0 Å². The Bertz CT molecular complexity index is 1470. The van der Waals surface area contributed by atoms with E-state index in [-0.39, 0.29) is 19.1 Å². The number of aromatic nitrogens is 1. The number of amides is 2. The molecule has 1 aromatic carbocycles. The number of fused-ring (bicyclic) bond motifs is 1. The molecule has 242 valence electrons. The van der Waals surface area contributed by atoms with Gasteiger partial charge in [-0.15, -0.1) is 0 Å². The molecule has 0 spiro atoms. The Balaban J connectivity index is 1.51. The maximum Gasteiger partial charge on any atom is 0.422 e. The molecule has 2 heterocycles. The number of hydrogen-bond acceptors (Lipinski definition) is 9. The van der Waals surface area contributed by atoms with Gasteiger partial charge < -0.3 is 19.7 Å². The van der Waals surface area contributed by atoms with Crippen molar-refractivity contribution in [3.05, 3.63) is 34.9 Å². The summed E-state index contributed by atoms with van der Waals surface area (Å²) in [7, 11) is -4.46. The van der Waals surface area contributed by atoms with Gasteiger partial charge in [-0.2, -0.15) is 12.7 Å². The van der Waals surface area contributed by atoms with Gasteiger partial charge in [-0.05, 0) is 77.1 Å². The van der Waals surface area contributed by atoms with Crippen molar-refractivity contribution < 1.29 is 32.3 Å². The fourth-order valence-electron chi connectivity index (χ4n) is 5.68. The normalized spacial score (nSPS) is 18.0. The Morgan fingerprint density at radius 1 is 1.09 bits per heavy atom. The number of rotatable bonds is 10. The van der Waals surface area contributed by atoms with Crippen LogP contribution in [-0.4, -0.2) is 80.1 Å². The van der Waals surface area contributed by atoms with Crippen LogP contribution in [0.3, 0.4) is 0 Å². The number of ether oxygens (including phenoxy) is 2. The number of carbonyl (C=O) groups is 3. The smallest absolute Gasteiger partial charge is 0.422 e. The third-order valence-corrected chi connectivity index (χ3v) is 9.50. The SMILES string of the molecule is CCOC(=O)CN([C@H]1CCN(c2ccc3c(C(=O)NCC4CCCCC4)c(Cl)ccc3n2)C1)S(=O)(=O)NC(=O)OC(C)(C)C. The summed E-state index contributed by atoms with van der Waals surface area (Å²) in [6.07, 6.45) is 5.06. The fraction of sp³-hybridized carbons (Fsp3) is 0.600. The molecule has 2 aromatic rings. The highest BCUT2D eigenvalue weighted by molar-refractivity contribution is 7.87. The van der Waals surface area contributed by atoms with Crippen LogP contribution >= 0.6 is 11.6 Å². The summed E-state index contributed by atoms with van der Waals surface area (Å²) in [5, 5.41) is 4.01. The maximum absolute atomic E-state index is 13.3. The van der Waals surface area contributed by atoms with Crippen LogP contribution < -0.4 is 14.9 Å². The first kappa shape index (κ1) is 33.7. The van der Waals surface area contributed by atoms with Crippen molar-refractivity contribution in [2.24, 2.45) is 5.92 Å². The van der Waals surface area contributed by atoms with Crippen molar-refractivity contribution in [3.63, 3.8) is 0 Å². The lowest BCUT2D eigenvalue weighted by Crippen LogP contribution is -2.52. The monoisotopic (exact) mass is 651 g/mol. The van der Waals surface area contributed by atoms with Gasteiger partial charge in [0, 0.05) is 31.1 Å². The quantitative estimate of drug-likeness (QED) is 0.357. The average molecular weight is 652 g/mol. The van der Waals surface area contributed by atoms with Gasteiger partial charge in [-0.25, -0.2) is 14.5 Å². The number of nitrogens with one attached hydrogen (secondary N) is 2. The molecule has 2 amide bonds. The summed E-state index contributed by atoms with van der Waals surface area (Å²) in [6.45, 7) is 7.22. The van der Waals surface area contributed by atoms with E-state index in [0.29, 0.717) is 52.7 Å². The van der Waals surface area contributed by atoms with Crippen molar-refractivity contribution in [1.29, 1.82) is 0 Å². The minimum absolute atomic E-state index is 0.0780. The van der Waals surface area contributed by atoms with E-state index in [1.54, 1.807) is 52.0 Å². The van der Waals surface area contributed by atoms with Gasteiger partial charge in [-0.3, -0.25) is 9.59 Å². The van der Waals surface area contributed by atoms with Crippen LogP contribution in [-0.2, 0) is 24.5 Å². The minimum atomic E-state index is -4.46. The number of anilines is 1. The number of nitrogens with zero attached hydrogens (tertiary/aromatic N) is 3. The predicted molar refractivity (Wildman–Crippen MR) is 168 cm³/mol. The Morgan fingerprint density at radius 3 is 2.50 bits per heavy atom. The van der Waals surface area contributed by atoms with Crippen LogP contribution in [0, 0.1) is 5.92 Å². The zero-order valence-electron chi connectivity index (χ0n) is 25.7. The molecule has 2 N–H and O–H groups in total. The first-order chi connectivity index (χ1) is 20.8. The van der Waals surface area contributed by atoms with E-state index in [2.05, 4.69) is 5.32 Å². The number of pyridine rings is 1. The summed E-state index contributed by atoms with van der Waals surface area (Å²) in [4.78, 5) is 44.5. The first-order valence-corrected chi connectivity index (χ1v) is 16.9. The molecule has 1 saturated carbocycles. The molecule has 1 aromatic heterocycles. The standard InChI is InChI=1S/C30H42ClN5O7S/c1-5-42-26(37)19-36(44(40,41)34-29(39)43-30(2,3)4)21-15-16-35(18-21)25-14-11-22-24(33-25)13-12-23(31)27(22)28(38)32-17-20-9-7-6-8-10-20/h11-14,20-21H,5-10,15-19H2,1-4H3,(H,32,38)(H,34,39)/t21-/m0/s1. The van der Waals surface area contributed by atoms with Gasteiger partial charge in [0.1, 0.15) is 18.0 Å².